The first-order chi connectivity index (χ1) is 17.5. The zero-order valence-electron chi connectivity index (χ0n) is 19.3. The molecule has 0 saturated carbocycles. The molecule has 1 amide bonds. The first kappa shape index (κ1) is 26.4. The normalized spacial score (nSPS) is 11.5. The zero-order valence-corrected chi connectivity index (χ0v) is 20.8. The summed E-state index contributed by atoms with van der Waals surface area (Å²) in [7, 11) is 0. The van der Waals surface area contributed by atoms with Crippen molar-refractivity contribution in [1.82, 2.24) is 9.55 Å². The summed E-state index contributed by atoms with van der Waals surface area (Å²) < 4.78 is 45.3. The SMILES string of the molecule is Cc1c(C(=O)OCCc2ccccc2)sc2ncn(CC(=O)Nc3cc(C(F)(F)F)ccc3Cl)c(=O)c12. The van der Waals surface area contributed by atoms with Gasteiger partial charge in [0.15, 0.2) is 0 Å². The van der Waals surface area contributed by atoms with E-state index in [2.05, 4.69) is 10.3 Å². The van der Waals surface area contributed by atoms with E-state index in [1.807, 2.05) is 30.3 Å². The van der Waals surface area contributed by atoms with E-state index >= 15 is 0 Å². The van der Waals surface area contributed by atoms with Crippen LogP contribution in [-0.4, -0.2) is 28.0 Å². The molecule has 1 N–H and O–H groups in total. The molecule has 12 heteroatoms. The van der Waals surface area contributed by atoms with E-state index in [0.29, 0.717) is 22.9 Å². The maximum atomic E-state index is 13.0. The van der Waals surface area contributed by atoms with Gasteiger partial charge in [-0.2, -0.15) is 13.2 Å². The lowest BCUT2D eigenvalue weighted by Crippen LogP contribution is -2.28. The van der Waals surface area contributed by atoms with Crippen LogP contribution in [0, 0.1) is 6.92 Å². The number of esters is 1. The highest BCUT2D eigenvalue weighted by atomic mass is 35.5. The lowest BCUT2D eigenvalue weighted by Gasteiger charge is -2.12. The molecule has 0 aliphatic rings. The van der Waals surface area contributed by atoms with E-state index < -0.39 is 35.7 Å². The number of benzene rings is 2. The third-order valence-electron chi connectivity index (χ3n) is 5.45. The van der Waals surface area contributed by atoms with Gasteiger partial charge in [-0.15, -0.1) is 11.3 Å². The number of rotatable bonds is 7. The minimum absolute atomic E-state index is 0.0913. The number of hydrogen-bond acceptors (Lipinski definition) is 6. The molecule has 4 aromatic rings. The van der Waals surface area contributed by atoms with Crippen molar-refractivity contribution in [2.45, 2.75) is 26.1 Å². The van der Waals surface area contributed by atoms with Crippen molar-refractivity contribution in [1.29, 1.82) is 0 Å². The highest BCUT2D eigenvalue weighted by Crippen LogP contribution is 2.34. The summed E-state index contributed by atoms with van der Waals surface area (Å²) in [5.41, 5.74) is -0.414. The van der Waals surface area contributed by atoms with Gasteiger partial charge in [-0.25, -0.2) is 9.78 Å². The summed E-state index contributed by atoms with van der Waals surface area (Å²) in [5, 5.41) is 2.36. The molecular formula is C25H19ClF3N3O4S. The Morgan fingerprint density at radius 3 is 2.59 bits per heavy atom. The second kappa shape index (κ2) is 10.7. The van der Waals surface area contributed by atoms with Crippen molar-refractivity contribution in [3.63, 3.8) is 0 Å². The summed E-state index contributed by atoms with van der Waals surface area (Å²) in [6.45, 7) is 1.22. The van der Waals surface area contributed by atoms with Gasteiger partial charge in [-0.05, 0) is 36.2 Å². The Bertz CT molecular complexity index is 1530. The van der Waals surface area contributed by atoms with Gasteiger partial charge in [0.05, 0.1) is 34.6 Å². The molecule has 2 aromatic heterocycles. The maximum absolute atomic E-state index is 13.0. The fourth-order valence-electron chi connectivity index (χ4n) is 3.58. The zero-order chi connectivity index (χ0) is 26.7. The van der Waals surface area contributed by atoms with Gasteiger partial charge in [-0.1, -0.05) is 41.9 Å². The Hall–Kier alpha value is -3.70. The van der Waals surface area contributed by atoms with Gasteiger partial charge in [0.2, 0.25) is 5.91 Å². The van der Waals surface area contributed by atoms with E-state index in [-0.39, 0.29) is 27.6 Å². The van der Waals surface area contributed by atoms with Crippen molar-refractivity contribution < 1.29 is 27.5 Å². The topological polar surface area (TPSA) is 90.3 Å². The van der Waals surface area contributed by atoms with Crippen molar-refractivity contribution in [3.05, 3.63) is 91.8 Å². The second-order valence-electron chi connectivity index (χ2n) is 8.03. The largest absolute Gasteiger partial charge is 0.461 e. The predicted molar refractivity (Wildman–Crippen MR) is 134 cm³/mol. The third kappa shape index (κ3) is 6.00. The Morgan fingerprint density at radius 2 is 1.89 bits per heavy atom. The fraction of sp³-hybridized carbons (Fsp3) is 0.200. The van der Waals surface area contributed by atoms with Gasteiger partial charge in [0.25, 0.3) is 5.56 Å². The highest BCUT2D eigenvalue weighted by molar-refractivity contribution is 7.20. The van der Waals surface area contributed by atoms with Crippen molar-refractivity contribution >= 4 is 50.7 Å². The van der Waals surface area contributed by atoms with Gasteiger partial charge in [0.1, 0.15) is 16.3 Å². The minimum Gasteiger partial charge on any atom is -0.461 e. The molecule has 0 aliphatic carbocycles. The van der Waals surface area contributed by atoms with Crippen LogP contribution in [0.25, 0.3) is 10.2 Å². The average Bonchev–Trinajstić information content (AvgIpc) is 3.19. The number of fused-ring (bicyclic) bond motifs is 1. The van der Waals surface area contributed by atoms with Crippen molar-refractivity contribution in [2.75, 3.05) is 11.9 Å². The van der Waals surface area contributed by atoms with Crippen LogP contribution in [0.15, 0.2) is 59.7 Å². The first-order valence-electron chi connectivity index (χ1n) is 10.9. The van der Waals surface area contributed by atoms with Gasteiger partial charge in [-0.3, -0.25) is 14.2 Å². The number of amides is 1. The molecule has 0 unspecified atom stereocenters. The fourth-order valence-corrected chi connectivity index (χ4v) is 4.78. The van der Waals surface area contributed by atoms with E-state index in [1.165, 1.54) is 0 Å². The minimum atomic E-state index is -4.62. The summed E-state index contributed by atoms with van der Waals surface area (Å²) in [4.78, 5) is 42.9. The van der Waals surface area contributed by atoms with Crippen LogP contribution in [0.2, 0.25) is 5.02 Å². The smallest absolute Gasteiger partial charge is 0.416 e. The van der Waals surface area contributed by atoms with E-state index in [1.54, 1.807) is 6.92 Å². The Balaban J connectivity index is 1.49. The van der Waals surface area contributed by atoms with E-state index in [9.17, 15) is 27.6 Å². The standard InChI is InChI=1S/C25H19ClF3N3O4S/c1-14-20-22(37-21(14)24(35)36-10-9-15-5-3-2-4-6-15)30-13-32(23(20)34)12-19(33)31-18-11-16(25(27,28)29)7-8-17(18)26/h2-8,11,13H,9-10,12H2,1H3,(H,31,33). The van der Waals surface area contributed by atoms with Crippen LogP contribution < -0.4 is 10.9 Å². The number of ether oxygens (including phenoxy) is 1. The second-order valence-corrected chi connectivity index (χ2v) is 9.43. The van der Waals surface area contributed by atoms with E-state index in [0.717, 1.165) is 39.9 Å². The highest BCUT2D eigenvalue weighted by Gasteiger charge is 2.31. The third-order valence-corrected chi connectivity index (χ3v) is 6.96. The Kier molecular flexibility index (Phi) is 7.65. The number of aryl methyl sites for hydroxylation is 1. The number of alkyl halides is 3. The molecule has 2 aromatic carbocycles. The number of aromatic nitrogens is 2. The molecule has 0 spiro atoms. The quantitative estimate of drug-likeness (QED) is 0.308. The summed E-state index contributed by atoms with van der Waals surface area (Å²) in [6.07, 6.45) is -2.95. The van der Waals surface area contributed by atoms with Gasteiger partial charge < -0.3 is 10.1 Å². The molecule has 4 rings (SSSR count). The van der Waals surface area contributed by atoms with Crippen molar-refractivity contribution in [2.24, 2.45) is 0 Å². The molecule has 0 aliphatic heterocycles. The van der Waals surface area contributed by atoms with Crippen LogP contribution in [0.1, 0.15) is 26.4 Å². The predicted octanol–water partition coefficient (Wildman–Crippen LogP) is 5.48. The molecule has 37 heavy (non-hydrogen) atoms. The van der Waals surface area contributed by atoms with Crippen LogP contribution in [0.5, 0.6) is 0 Å². The number of carbonyl (C=O) groups excluding carboxylic acids is 2. The molecule has 192 valence electrons. The molecule has 0 saturated heterocycles. The van der Waals surface area contributed by atoms with Crippen LogP contribution in [0.4, 0.5) is 18.9 Å². The summed E-state index contributed by atoms with van der Waals surface area (Å²) in [5.74, 6) is -1.36. The number of carbonyl (C=O) groups is 2. The van der Waals surface area contributed by atoms with Crippen LogP contribution >= 0.6 is 22.9 Å². The van der Waals surface area contributed by atoms with Crippen molar-refractivity contribution in [3.8, 4) is 0 Å². The average molecular weight is 550 g/mol. The van der Waals surface area contributed by atoms with Crippen LogP contribution in [0.3, 0.4) is 0 Å². The summed E-state index contributed by atoms with van der Waals surface area (Å²) in [6, 6.07) is 12.0. The number of thiophene rings is 1. The van der Waals surface area contributed by atoms with Crippen LogP contribution in [-0.2, 0) is 28.7 Å². The number of halogens is 4. The number of nitrogens with one attached hydrogen (secondary N) is 1. The number of hydrogen-bond donors (Lipinski definition) is 1. The molecule has 0 fully saturated rings. The van der Waals surface area contributed by atoms with E-state index in [4.69, 9.17) is 16.3 Å². The number of anilines is 1. The molecule has 0 radical (unpaired) electrons. The monoisotopic (exact) mass is 549 g/mol. The molecule has 0 bridgehead atoms. The van der Waals surface area contributed by atoms with Gasteiger partial charge >= 0.3 is 12.1 Å². The Morgan fingerprint density at radius 1 is 1.16 bits per heavy atom. The lowest BCUT2D eigenvalue weighted by molar-refractivity contribution is -0.137. The molecular weight excluding hydrogens is 531 g/mol. The first-order valence-corrected chi connectivity index (χ1v) is 12.1. The lowest BCUT2D eigenvalue weighted by atomic mass is 10.2. The molecule has 7 nitrogen and oxygen atoms in total. The van der Waals surface area contributed by atoms with Gasteiger partial charge in [0, 0.05) is 6.42 Å². The number of nitrogens with zero attached hydrogens (tertiary/aromatic N) is 2. The summed E-state index contributed by atoms with van der Waals surface area (Å²) >= 11 is 6.93. The Labute approximate surface area is 217 Å². The molecule has 0 atom stereocenters. The molecule has 2 heterocycles. The maximum Gasteiger partial charge on any atom is 0.416 e.